The highest BCUT2D eigenvalue weighted by atomic mass is 16.3. The Kier molecular flexibility index (Phi) is 5.23. The molecule has 1 fully saturated rings. The number of furan rings is 1. The first-order valence-corrected chi connectivity index (χ1v) is 7.72. The first-order valence-electron chi connectivity index (χ1n) is 7.72. The number of aliphatic hydroxyl groups excluding tert-OH is 1. The molecule has 2 atom stereocenters. The second-order valence-electron chi connectivity index (χ2n) is 6.10. The molecule has 1 aliphatic rings. The third kappa shape index (κ3) is 4.21. The van der Waals surface area contributed by atoms with Crippen LogP contribution in [-0.4, -0.2) is 35.1 Å². The molecular formula is C17H25NO3. The largest absolute Gasteiger partial charge is 0.461 e. The van der Waals surface area contributed by atoms with Crippen molar-refractivity contribution in [1.29, 1.82) is 0 Å². The Morgan fingerprint density at radius 1 is 1.52 bits per heavy atom. The maximum Gasteiger partial charge on any atom is 0.246 e. The highest BCUT2D eigenvalue weighted by Gasteiger charge is 2.36. The molecule has 1 saturated carbocycles. The van der Waals surface area contributed by atoms with Crippen molar-refractivity contribution in [2.24, 2.45) is 5.92 Å². The maximum atomic E-state index is 12.2. The molecule has 1 heterocycles. The first kappa shape index (κ1) is 15.8. The van der Waals surface area contributed by atoms with E-state index in [1.165, 1.54) is 6.42 Å². The number of aliphatic hydroxyl groups is 1. The monoisotopic (exact) mass is 291 g/mol. The van der Waals surface area contributed by atoms with E-state index in [4.69, 9.17) is 9.52 Å². The second kappa shape index (κ2) is 6.94. The fraction of sp³-hybridized carbons (Fsp3) is 0.588. The molecule has 0 saturated heterocycles. The van der Waals surface area contributed by atoms with Gasteiger partial charge in [-0.25, -0.2) is 0 Å². The minimum Gasteiger partial charge on any atom is -0.461 e. The Balaban J connectivity index is 1.95. The van der Waals surface area contributed by atoms with Gasteiger partial charge in [0, 0.05) is 31.2 Å². The molecule has 21 heavy (non-hydrogen) atoms. The van der Waals surface area contributed by atoms with E-state index in [9.17, 15) is 4.79 Å². The molecule has 1 aliphatic carbocycles. The zero-order chi connectivity index (χ0) is 15.4. The molecule has 0 aliphatic heterocycles. The minimum atomic E-state index is -0.0452. The van der Waals surface area contributed by atoms with E-state index in [0.29, 0.717) is 24.8 Å². The van der Waals surface area contributed by atoms with Gasteiger partial charge in [-0.3, -0.25) is 4.79 Å². The topological polar surface area (TPSA) is 53.7 Å². The summed E-state index contributed by atoms with van der Waals surface area (Å²) in [6.07, 6.45) is 5.07. The molecule has 2 unspecified atom stereocenters. The molecule has 2 rings (SSSR count). The summed E-state index contributed by atoms with van der Waals surface area (Å²) in [6.45, 7) is 6.83. The summed E-state index contributed by atoms with van der Waals surface area (Å²) in [4.78, 5) is 13.9. The summed E-state index contributed by atoms with van der Waals surface area (Å²) in [5.41, 5.74) is 0. The molecule has 0 radical (unpaired) electrons. The second-order valence-corrected chi connectivity index (χ2v) is 6.10. The summed E-state index contributed by atoms with van der Waals surface area (Å²) >= 11 is 0. The van der Waals surface area contributed by atoms with Crippen LogP contribution in [0.4, 0.5) is 0 Å². The van der Waals surface area contributed by atoms with E-state index >= 15 is 0 Å². The summed E-state index contributed by atoms with van der Waals surface area (Å²) < 4.78 is 5.75. The number of carbonyl (C=O) groups is 1. The van der Waals surface area contributed by atoms with Gasteiger partial charge in [0.05, 0.1) is 0 Å². The lowest BCUT2D eigenvalue weighted by molar-refractivity contribution is -0.127. The number of hydrogen-bond acceptors (Lipinski definition) is 3. The van der Waals surface area contributed by atoms with Crippen LogP contribution in [0.3, 0.4) is 0 Å². The summed E-state index contributed by atoms with van der Waals surface area (Å²) in [6, 6.07) is 4.04. The molecule has 4 nitrogen and oxygen atoms in total. The third-order valence-electron chi connectivity index (χ3n) is 3.98. The van der Waals surface area contributed by atoms with Gasteiger partial charge in [0.15, 0.2) is 0 Å². The smallest absolute Gasteiger partial charge is 0.246 e. The predicted molar refractivity (Wildman–Crippen MR) is 82.8 cm³/mol. The van der Waals surface area contributed by atoms with Crippen molar-refractivity contribution in [1.82, 2.24) is 4.90 Å². The van der Waals surface area contributed by atoms with Gasteiger partial charge in [-0.05, 0) is 50.8 Å². The van der Waals surface area contributed by atoms with Crippen LogP contribution in [-0.2, 0) is 4.79 Å². The molecular weight excluding hydrogens is 266 g/mol. The third-order valence-corrected chi connectivity index (χ3v) is 3.98. The Bertz CT molecular complexity index is 504. The summed E-state index contributed by atoms with van der Waals surface area (Å²) in [7, 11) is 0. The average molecular weight is 291 g/mol. The fourth-order valence-electron chi connectivity index (χ4n) is 2.49. The normalized spacial score (nSPS) is 21.2. The van der Waals surface area contributed by atoms with Crippen molar-refractivity contribution in [2.75, 3.05) is 13.2 Å². The van der Waals surface area contributed by atoms with Gasteiger partial charge in [-0.15, -0.1) is 0 Å². The van der Waals surface area contributed by atoms with E-state index in [1.54, 1.807) is 17.1 Å². The van der Waals surface area contributed by atoms with E-state index in [0.717, 1.165) is 11.5 Å². The van der Waals surface area contributed by atoms with Crippen molar-refractivity contribution >= 4 is 12.0 Å². The number of rotatable bonds is 7. The van der Waals surface area contributed by atoms with Crippen molar-refractivity contribution < 1.29 is 14.3 Å². The van der Waals surface area contributed by atoms with E-state index in [1.807, 2.05) is 26.0 Å². The molecule has 1 N–H and O–H groups in total. The molecule has 0 aromatic carbocycles. The Morgan fingerprint density at radius 2 is 2.24 bits per heavy atom. The SMILES string of the molecule is CC1CC1c1ccc(/C=C/C(=O)N(CCCO)C(C)C)o1. The summed E-state index contributed by atoms with van der Waals surface area (Å²) in [5.74, 6) is 2.97. The molecule has 1 aromatic heterocycles. The van der Waals surface area contributed by atoms with Crippen LogP contribution in [0.5, 0.6) is 0 Å². The molecule has 4 heteroatoms. The molecule has 1 aromatic rings. The van der Waals surface area contributed by atoms with Crippen LogP contribution in [0.15, 0.2) is 22.6 Å². The Morgan fingerprint density at radius 3 is 2.81 bits per heavy atom. The molecule has 116 valence electrons. The zero-order valence-electron chi connectivity index (χ0n) is 13.1. The van der Waals surface area contributed by atoms with Gasteiger partial charge in [0.1, 0.15) is 11.5 Å². The Labute approximate surface area is 126 Å². The van der Waals surface area contributed by atoms with Crippen molar-refractivity contribution in [3.8, 4) is 0 Å². The lowest BCUT2D eigenvalue weighted by Crippen LogP contribution is -2.36. The minimum absolute atomic E-state index is 0.0452. The number of amides is 1. The van der Waals surface area contributed by atoms with Crippen molar-refractivity contribution in [2.45, 2.75) is 45.6 Å². The standard InChI is InChI=1S/C17H25NO3/c1-12(2)18(9-4-10-19)17(20)8-6-14-5-7-16(21-14)15-11-13(15)3/h5-8,12-13,15,19H,4,9-11H2,1-3H3/b8-6+. The highest BCUT2D eigenvalue weighted by Crippen LogP contribution is 2.47. The lowest BCUT2D eigenvalue weighted by Gasteiger charge is -2.25. The zero-order valence-corrected chi connectivity index (χ0v) is 13.1. The quantitative estimate of drug-likeness (QED) is 0.786. The van der Waals surface area contributed by atoms with Crippen LogP contribution in [0.2, 0.25) is 0 Å². The first-order chi connectivity index (χ1) is 10.0. The Hall–Kier alpha value is -1.55. The lowest BCUT2D eigenvalue weighted by atomic mass is 10.2. The van der Waals surface area contributed by atoms with Crippen LogP contribution < -0.4 is 0 Å². The van der Waals surface area contributed by atoms with E-state index in [-0.39, 0.29) is 18.6 Å². The predicted octanol–water partition coefficient (Wildman–Crippen LogP) is 3.04. The molecule has 0 bridgehead atoms. The highest BCUT2D eigenvalue weighted by molar-refractivity contribution is 5.91. The van der Waals surface area contributed by atoms with Crippen LogP contribution in [0, 0.1) is 5.92 Å². The van der Waals surface area contributed by atoms with Gasteiger partial charge in [0.25, 0.3) is 0 Å². The number of nitrogens with zero attached hydrogens (tertiary/aromatic N) is 1. The molecule has 1 amide bonds. The van der Waals surface area contributed by atoms with Gasteiger partial charge in [-0.2, -0.15) is 0 Å². The number of carbonyl (C=O) groups excluding carboxylic acids is 1. The van der Waals surface area contributed by atoms with E-state index in [2.05, 4.69) is 6.92 Å². The van der Waals surface area contributed by atoms with Crippen molar-refractivity contribution in [3.63, 3.8) is 0 Å². The fourth-order valence-corrected chi connectivity index (χ4v) is 2.49. The van der Waals surface area contributed by atoms with Crippen LogP contribution in [0.25, 0.3) is 6.08 Å². The van der Waals surface area contributed by atoms with Gasteiger partial charge >= 0.3 is 0 Å². The van der Waals surface area contributed by atoms with Gasteiger partial charge in [0.2, 0.25) is 5.91 Å². The molecule has 0 spiro atoms. The van der Waals surface area contributed by atoms with Gasteiger partial charge < -0.3 is 14.4 Å². The summed E-state index contributed by atoms with van der Waals surface area (Å²) in [5, 5.41) is 8.90. The van der Waals surface area contributed by atoms with Crippen LogP contribution >= 0.6 is 0 Å². The van der Waals surface area contributed by atoms with Crippen molar-refractivity contribution in [3.05, 3.63) is 29.7 Å². The van der Waals surface area contributed by atoms with Gasteiger partial charge in [-0.1, -0.05) is 6.92 Å². The maximum absolute atomic E-state index is 12.2. The van der Waals surface area contributed by atoms with E-state index < -0.39 is 0 Å². The van der Waals surface area contributed by atoms with Crippen LogP contribution in [0.1, 0.15) is 51.1 Å². The average Bonchev–Trinajstić information content (AvgIpc) is 2.99. The number of hydrogen-bond donors (Lipinski definition) is 1.